The summed E-state index contributed by atoms with van der Waals surface area (Å²) >= 11 is 0. The number of hydrogen-bond donors (Lipinski definition) is 1. The molecule has 2 saturated heterocycles. The van der Waals surface area contributed by atoms with E-state index in [4.69, 9.17) is 9.72 Å². The number of anilines is 1. The first-order chi connectivity index (χ1) is 15.2. The zero-order chi connectivity index (χ0) is 21.6. The molecule has 0 amide bonds. The number of methoxy groups -OCH3 is 1. The molecule has 2 aliphatic rings. The third kappa shape index (κ3) is 5.28. The smallest absolute Gasteiger partial charge is 0.193 e. The summed E-state index contributed by atoms with van der Waals surface area (Å²) in [5, 5.41) is 3.52. The van der Waals surface area contributed by atoms with Gasteiger partial charge < -0.3 is 24.8 Å². The Hall–Kier alpha value is -2.80. The standard InChI is InChI=1S/C24H34N6O/c1-25-24(30-11-10-21(18-30)20-5-7-22(31-3)8-6-20)27-17-19-4-9-23(26-16-19)29-14-12-28(2)13-15-29/h4-9,16,21H,10-15,17-18H2,1-3H3,(H,25,27). The van der Waals surface area contributed by atoms with Crippen LogP contribution in [0.4, 0.5) is 5.82 Å². The van der Waals surface area contributed by atoms with Crippen LogP contribution in [0, 0.1) is 0 Å². The topological polar surface area (TPSA) is 56.2 Å². The molecule has 2 aliphatic heterocycles. The van der Waals surface area contributed by atoms with Gasteiger partial charge in [0.2, 0.25) is 0 Å². The number of piperazine rings is 1. The van der Waals surface area contributed by atoms with Crippen LogP contribution < -0.4 is 15.0 Å². The zero-order valence-electron chi connectivity index (χ0n) is 18.9. The first-order valence-electron chi connectivity index (χ1n) is 11.1. The van der Waals surface area contributed by atoms with Crippen LogP contribution in [0.2, 0.25) is 0 Å². The van der Waals surface area contributed by atoms with Crippen LogP contribution in [0.3, 0.4) is 0 Å². The van der Waals surface area contributed by atoms with Crippen LogP contribution >= 0.6 is 0 Å². The minimum Gasteiger partial charge on any atom is -0.497 e. The second-order valence-electron chi connectivity index (χ2n) is 8.42. The van der Waals surface area contributed by atoms with Crippen molar-refractivity contribution in [1.82, 2.24) is 20.1 Å². The average molecular weight is 423 g/mol. The molecule has 7 nitrogen and oxygen atoms in total. The predicted molar refractivity (Wildman–Crippen MR) is 126 cm³/mol. The predicted octanol–water partition coefficient (Wildman–Crippen LogP) is 2.41. The molecule has 1 aromatic carbocycles. The number of nitrogens with zero attached hydrogens (tertiary/aromatic N) is 5. The summed E-state index contributed by atoms with van der Waals surface area (Å²) in [6, 6.07) is 12.8. The van der Waals surface area contributed by atoms with E-state index in [-0.39, 0.29) is 0 Å². The number of guanidine groups is 1. The second-order valence-corrected chi connectivity index (χ2v) is 8.42. The Kier molecular flexibility index (Phi) is 6.92. The number of benzene rings is 1. The van der Waals surface area contributed by atoms with Crippen LogP contribution in [0.15, 0.2) is 47.6 Å². The molecule has 4 rings (SSSR count). The van der Waals surface area contributed by atoms with Crippen molar-refractivity contribution in [1.29, 1.82) is 0 Å². The van der Waals surface area contributed by atoms with Gasteiger partial charge in [-0.25, -0.2) is 4.98 Å². The molecule has 31 heavy (non-hydrogen) atoms. The van der Waals surface area contributed by atoms with Gasteiger partial charge in [-0.05, 0) is 42.8 Å². The quantitative estimate of drug-likeness (QED) is 0.590. The molecule has 3 heterocycles. The SMILES string of the molecule is CN=C(NCc1ccc(N2CCN(C)CC2)nc1)N1CCC(c2ccc(OC)cc2)C1. The van der Waals surface area contributed by atoms with E-state index in [9.17, 15) is 0 Å². The molecule has 166 valence electrons. The molecule has 2 fully saturated rings. The van der Waals surface area contributed by atoms with E-state index in [1.165, 1.54) is 11.1 Å². The van der Waals surface area contributed by atoms with E-state index >= 15 is 0 Å². The lowest BCUT2D eigenvalue weighted by Crippen LogP contribution is -2.44. The van der Waals surface area contributed by atoms with E-state index in [2.05, 4.69) is 56.3 Å². The van der Waals surface area contributed by atoms with E-state index in [1.807, 2.05) is 25.4 Å². The summed E-state index contributed by atoms with van der Waals surface area (Å²) in [6.07, 6.45) is 3.12. The van der Waals surface area contributed by atoms with Gasteiger partial charge in [0.25, 0.3) is 0 Å². The molecule has 7 heteroatoms. The summed E-state index contributed by atoms with van der Waals surface area (Å²) in [4.78, 5) is 16.3. The Balaban J connectivity index is 1.29. The van der Waals surface area contributed by atoms with Crippen molar-refractivity contribution in [3.05, 3.63) is 53.7 Å². The molecular formula is C24H34N6O. The van der Waals surface area contributed by atoms with Crippen molar-refractivity contribution in [2.45, 2.75) is 18.9 Å². The first kappa shape index (κ1) is 21.4. The van der Waals surface area contributed by atoms with Crippen molar-refractivity contribution in [3.63, 3.8) is 0 Å². The van der Waals surface area contributed by atoms with Crippen LogP contribution in [-0.4, -0.2) is 81.2 Å². The molecule has 1 atom stereocenters. The summed E-state index contributed by atoms with van der Waals surface area (Å²) in [5.41, 5.74) is 2.53. The number of hydrogen-bond acceptors (Lipinski definition) is 5. The highest BCUT2D eigenvalue weighted by atomic mass is 16.5. The lowest BCUT2D eigenvalue weighted by atomic mass is 9.98. The van der Waals surface area contributed by atoms with Gasteiger partial charge in [-0.3, -0.25) is 4.99 Å². The number of aliphatic imine (C=N–C) groups is 1. The first-order valence-corrected chi connectivity index (χ1v) is 11.1. The fourth-order valence-corrected chi connectivity index (χ4v) is 4.36. The molecule has 2 aromatic rings. The fourth-order valence-electron chi connectivity index (χ4n) is 4.36. The number of likely N-dealkylation sites (N-methyl/N-ethyl adjacent to an activating group) is 1. The molecule has 0 aliphatic carbocycles. The molecule has 0 saturated carbocycles. The van der Waals surface area contributed by atoms with Crippen LogP contribution in [-0.2, 0) is 6.54 Å². The Labute approximate surface area is 185 Å². The van der Waals surface area contributed by atoms with Crippen LogP contribution in [0.5, 0.6) is 5.75 Å². The summed E-state index contributed by atoms with van der Waals surface area (Å²) < 4.78 is 5.28. The van der Waals surface area contributed by atoms with Gasteiger partial charge in [-0.2, -0.15) is 0 Å². The number of rotatable bonds is 5. The number of ether oxygens (including phenoxy) is 1. The van der Waals surface area contributed by atoms with Crippen LogP contribution in [0.25, 0.3) is 0 Å². The molecular weight excluding hydrogens is 388 g/mol. The molecule has 1 unspecified atom stereocenters. The number of aromatic nitrogens is 1. The normalized spacial score (nSPS) is 20.2. The fraction of sp³-hybridized carbons (Fsp3) is 0.500. The van der Waals surface area contributed by atoms with E-state index in [0.717, 1.165) is 69.8 Å². The highest BCUT2D eigenvalue weighted by molar-refractivity contribution is 5.80. The van der Waals surface area contributed by atoms with Crippen molar-refractivity contribution >= 4 is 11.8 Å². The highest BCUT2D eigenvalue weighted by Gasteiger charge is 2.26. The number of nitrogens with one attached hydrogen (secondary N) is 1. The largest absolute Gasteiger partial charge is 0.497 e. The van der Waals surface area contributed by atoms with Gasteiger partial charge in [-0.15, -0.1) is 0 Å². The Morgan fingerprint density at radius 3 is 2.52 bits per heavy atom. The average Bonchev–Trinajstić information content (AvgIpc) is 3.31. The van der Waals surface area contributed by atoms with Gasteiger partial charge in [-0.1, -0.05) is 18.2 Å². The maximum Gasteiger partial charge on any atom is 0.193 e. The second kappa shape index (κ2) is 10.0. The molecule has 0 spiro atoms. The van der Waals surface area contributed by atoms with Crippen molar-refractivity contribution < 1.29 is 4.74 Å². The van der Waals surface area contributed by atoms with Crippen molar-refractivity contribution in [2.75, 3.05) is 65.4 Å². The maximum atomic E-state index is 5.28. The van der Waals surface area contributed by atoms with Gasteiger partial charge in [0.05, 0.1) is 7.11 Å². The lowest BCUT2D eigenvalue weighted by molar-refractivity contribution is 0.312. The van der Waals surface area contributed by atoms with E-state index in [1.54, 1.807) is 7.11 Å². The third-order valence-corrected chi connectivity index (χ3v) is 6.37. The van der Waals surface area contributed by atoms with Crippen LogP contribution in [0.1, 0.15) is 23.5 Å². The Morgan fingerprint density at radius 2 is 1.87 bits per heavy atom. The molecule has 0 radical (unpaired) electrons. The number of pyridine rings is 1. The number of likely N-dealkylation sites (tertiary alicyclic amines) is 1. The minimum absolute atomic E-state index is 0.522. The van der Waals surface area contributed by atoms with Gasteiger partial charge >= 0.3 is 0 Å². The molecule has 1 aromatic heterocycles. The highest BCUT2D eigenvalue weighted by Crippen LogP contribution is 2.28. The minimum atomic E-state index is 0.522. The Bertz CT molecular complexity index is 859. The summed E-state index contributed by atoms with van der Waals surface area (Å²) in [6.45, 7) is 6.98. The summed E-state index contributed by atoms with van der Waals surface area (Å²) in [5.74, 6) is 3.46. The van der Waals surface area contributed by atoms with Crippen molar-refractivity contribution in [2.24, 2.45) is 4.99 Å². The monoisotopic (exact) mass is 422 g/mol. The van der Waals surface area contributed by atoms with Gasteiger partial charge in [0.15, 0.2) is 5.96 Å². The van der Waals surface area contributed by atoms with E-state index < -0.39 is 0 Å². The molecule has 1 N–H and O–H groups in total. The zero-order valence-corrected chi connectivity index (χ0v) is 18.9. The lowest BCUT2D eigenvalue weighted by Gasteiger charge is -2.33. The summed E-state index contributed by atoms with van der Waals surface area (Å²) in [7, 11) is 5.74. The maximum absolute atomic E-state index is 5.28. The third-order valence-electron chi connectivity index (χ3n) is 6.37. The van der Waals surface area contributed by atoms with Gasteiger partial charge in [0.1, 0.15) is 11.6 Å². The van der Waals surface area contributed by atoms with Gasteiger partial charge in [0, 0.05) is 65.0 Å². The van der Waals surface area contributed by atoms with Crippen molar-refractivity contribution in [3.8, 4) is 5.75 Å². The Morgan fingerprint density at radius 1 is 1.10 bits per heavy atom. The molecule has 0 bridgehead atoms. The van der Waals surface area contributed by atoms with E-state index in [0.29, 0.717) is 5.92 Å².